The van der Waals surface area contributed by atoms with Crippen LogP contribution in [0.15, 0.2) is 67.1 Å². The normalized spacial score (nSPS) is 12.2. The summed E-state index contributed by atoms with van der Waals surface area (Å²) >= 11 is 0. The number of hydrogen-bond donors (Lipinski definition) is 1. The van der Waals surface area contributed by atoms with Crippen molar-refractivity contribution < 1.29 is 4.39 Å². The molecule has 0 amide bonds. The van der Waals surface area contributed by atoms with Crippen LogP contribution in [-0.2, 0) is 0 Å². The minimum absolute atomic E-state index is 0.101. The summed E-state index contributed by atoms with van der Waals surface area (Å²) in [6.45, 7) is 2.07. The predicted molar refractivity (Wildman–Crippen MR) is 94.7 cm³/mol. The van der Waals surface area contributed by atoms with E-state index < -0.39 is 0 Å². The number of imidazole rings is 1. The molecular weight excluding hydrogens is 317 g/mol. The molecule has 1 aromatic carbocycles. The van der Waals surface area contributed by atoms with Crippen molar-refractivity contribution in [3.05, 3.63) is 78.5 Å². The average molecular weight is 333 g/mol. The van der Waals surface area contributed by atoms with E-state index in [2.05, 4.69) is 39.3 Å². The molecule has 3 aromatic heterocycles. The Morgan fingerprint density at radius 2 is 1.88 bits per heavy atom. The Morgan fingerprint density at radius 1 is 1.04 bits per heavy atom. The number of benzene rings is 1. The van der Waals surface area contributed by atoms with E-state index in [9.17, 15) is 4.39 Å². The Hall–Kier alpha value is -3.28. The summed E-state index contributed by atoms with van der Waals surface area (Å²) in [5.41, 5.74) is 2.46. The van der Waals surface area contributed by atoms with Gasteiger partial charge in [0.05, 0.1) is 6.20 Å². The molecule has 3 heterocycles. The van der Waals surface area contributed by atoms with Crippen LogP contribution in [0.25, 0.3) is 17.2 Å². The molecular formula is C19H16FN5. The highest BCUT2D eigenvalue weighted by atomic mass is 19.1. The maximum Gasteiger partial charge on any atom is 0.180 e. The molecule has 4 aromatic rings. The van der Waals surface area contributed by atoms with Gasteiger partial charge in [0.15, 0.2) is 5.82 Å². The highest BCUT2D eigenvalue weighted by Crippen LogP contribution is 2.21. The quantitative estimate of drug-likeness (QED) is 0.611. The smallest absolute Gasteiger partial charge is 0.180 e. The molecule has 1 atom stereocenters. The minimum Gasteiger partial charge on any atom is -0.363 e. The van der Waals surface area contributed by atoms with Gasteiger partial charge >= 0.3 is 0 Å². The summed E-state index contributed by atoms with van der Waals surface area (Å²) in [6.07, 6.45) is 4.71. The fourth-order valence-corrected chi connectivity index (χ4v) is 2.73. The molecule has 6 heteroatoms. The van der Waals surface area contributed by atoms with E-state index in [0.717, 1.165) is 0 Å². The van der Waals surface area contributed by atoms with Gasteiger partial charge in [-0.25, -0.2) is 19.3 Å². The molecule has 0 fully saturated rings. The molecule has 124 valence electrons. The second-order valence-electron chi connectivity index (χ2n) is 5.76. The summed E-state index contributed by atoms with van der Waals surface area (Å²) in [5, 5.41) is 3.37. The lowest BCUT2D eigenvalue weighted by Crippen LogP contribution is -2.08. The number of hydrogen-bond acceptors (Lipinski definition) is 4. The zero-order valence-electron chi connectivity index (χ0n) is 13.6. The molecule has 25 heavy (non-hydrogen) atoms. The Bertz CT molecular complexity index is 1010. The monoisotopic (exact) mass is 333 g/mol. The molecule has 0 aliphatic carbocycles. The maximum atomic E-state index is 13.5. The van der Waals surface area contributed by atoms with Gasteiger partial charge in [-0.2, -0.15) is 0 Å². The largest absolute Gasteiger partial charge is 0.363 e. The number of anilines is 1. The first-order valence-corrected chi connectivity index (χ1v) is 7.98. The molecule has 0 bridgehead atoms. The molecule has 0 radical (unpaired) electrons. The van der Waals surface area contributed by atoms with Crippen molar-refractivity contribution in [1.82, 2.24) is 19.4 Å². The van der Waals surface area contributed by atoms with Gasteiger partial charge in [0.1, 0.15) is 23.0 Å². The molecule has 0 saturated carbocycles. The van der Waals surface area contributed by atoms with E-state index in [-0.39, 0.29) is 11.9 Å². The molecule has 1 N–H and O–H groups in total. The number of halogens is 1. The Labute approximate surface area is 144 Å². The number of rotatable bonds is 4. The zero-order chi connectivity index (χ0) is 17.2. The number of nitrogens with one attached hydrogen (secondary N) is 1. The summed E-state index contributed by atoms with van der Waals surface area (Å²) in [4.78, 5) is 13.1. The lowest BCUT2D eigenvalue weighted by molar-refractivity contribution is 0.619. The Balaban J connectivity index is 1.66. The number of fused-ring (bicyclic) bond motifs is 1. The lowest BCUT2D eigenvalue weighted by Gasteiger charge is -2.15. The van der Waals surface area contributed by atoms with Crippen molar-refractivity contribution in [3.8, 4) is 11.5 Å². The van der Waals surface area contributed by atoms with Crippen LogP contribution in [-0.4, -0.2) is 19.4 Å². The van der Waals surface area contributed by atoms with Crippen molar-refractivity contribution in [1.29, 1.82) is 0 Å². The topological polar surface area (TPSA) is 55.1 Å². The van der Waals surface area contributed by atoms with Crippen molar-refractivity contribution in [2.75, 3.05) is 5.32 Å². The number of pyridine rings is 1. The number of nitrogens with zero attached hydrogens (tertiary/aromatic N) is 4. The van der Waals surface area contributed by atoms with E-state index in [1.807, 2.05) is 24.3 Å². The van der Waals surface area contributed by atoms with Crippen molar-refractivity contribution in [2.24, 2.45) is 0 Å². The van der Waals surface area contributed by atoms with Gasteiger partial charge in [-0.15, -0.1) is 0 Å². The zero-order valence-corrected chi connectivity index (χ0v) is 13.6. The first-order valence-electron chi connectivity index (χ1n) is 7.98. The third kappa shape index (κ3) is 3.06. The van der Waals surface area contributed by atoms with Crippen molar-refractivity contribution >= 4 is 11.5 Å². The minimum atomic E-state index is -0.335. The summed E-state index contributed by atoms with van der Waals surface area (Å²) in [5.74, 6) is 0.856. The van der Waals surface area contributed by atoms with Gasteiger partial charge in [-0.3, -0.25) is 4.40 Å². The van der Waals surface area contributed by atoms with E-state index >= 15 is 0 Å². The lowest BCUT2D eigenvalue weighted by atomic mass is 10.1. The van der Waals surface area contributed by atoms with Gasteiger partial charge < -0.3 is 5.32 Å². The van der Waals surface area contributed by atoms with Crippen molar-refractivity contribution in [3.63, 3.8) is 0 Å². The number of aromatic nitrogens is 4. The van der Waals surface area contributed by atoms with E-state index in [4.69, 9.17) is 0 Å². The standard InChI is InChI=1S/C19H16FN5/c1-13(14-5-3-2-4-6-14)23-17-9-10-21-19(24-17)16-11-22-18-8-7-15(20)12-25(16)18/h2-13H,1H3,(H,21,23,24)/t13-/m0/s1. The van der Waals surface area contributed by atoms with E-state index in [1.165, 1.54) is 17.8 Å². The van der Waals surface area contributed by atoms with Crippen LogP contribution in [0.3, 0.4) is 0 Å². The van der Waals surface area contributed by atoms with Gasteiger partial charge in [-0.1, -0.05) is 30.3 Å². The molecule has 5 nitrogen and oxygen atoms in total. The molecule has 0 saturated heterocycles. The predicted octanol–water partition coefficient (Wildman–Crippen LogP) is 4.10. The van der Waals surface area contributed by atoms with E-state index in [0.29, 0.717) is 23.0 Å². The molecule has 0 unspecified atom stereocenters. The average Bonchev–Trinajstić information content (AvgIpc) is 3.05. The molecule has 0 aliphatic heterocycles. The van der Waals surface area contributed by atoms with Crippen molar-refractivity contribution in [2.45, 2.75) is 13.0 Å². The highest BCUT2D eigenvalue weighted by molar-refractivity contribution is 5.58. The van der Waals surface area contributed by atoms with Gasteiger partial charge in [0.2, 0.25) is 0 Å². The first kappa shape index (κ1) is 15.3. The van der Waals surface area contributed by atoms with Crippen LogP contribution < -0.4 is 5.32 Å². The maximum absolute atomic E-state index is 13.5. The summed E-state index contributed by atoms with van der Waals surface area (Å²) < 4.78 is 15.2. The highest BCUT2D eigenvalue weighted by Gasteiger charge is 2.11. The molecule has 0 aliphatic rings. The van der Waals surface area contributed by atoms with Crippen LogP contribution in [0.5, 0.6) is 0 Å². The Kier molecular flexibility index (Phi) is 3.85. The SMILES string of the molecule is C[C@H](Nc1ccnc(-c2cnc3ccc(F)cn23)n1)c1ccccc1. The van der Waals surface area contributed by atoms with Gasteiger partial charge in [0.25, 0.3) is 0 Å². The van der Waals surface area contributed by atoms with E-state index in [1.54, 1.807) is 22.9 Å². The fraction of sp³-hybridized carbons (Fsp3) is 0.105. The summed E-state index contributed by atoms with van der Waals surface area (Å²) in [6, 6.07) is 15.0. The second-order valence-corrected chi connectivity index (χ2v) is 5.76. The third-order valence-corrected chi connectivity index (χ3v) is 4.02. The third-order valence-electron chi connectivity index (χ3n) is 4.02. The second kappa shape index (κ2) is 6.32. The molecule has 4 rings (SSSR count). The van der Waals surface area contributed by atoms with Crippen LogP contribution in [0.4, 0.5) is 10.2 Å². The van der Waals surface area contributed by atoms with Crippen LogP contribution in [0.1, 0.15) is 18.5 Å². The summed E-state index contributed by atoms with van der Waals surface area (Å²) in [7, 11) is 0. The van der Waals surface area contributed by atoms with Gasteiger partial charge in [0, 0.05) is 18.4 Å². The van der Waals surface area contributed by atoms with Crippen LogP contribution in [0, 0.1) is 5.82 Å². The van der Waals surface area contributed by atoms with Crippen LogP contribution >= 0.6 is 0 Å². The van der Waals surface area contributed by atoms with Crippen LogP contribution in [0.2, 0.25) is 0 Å². The molecule has 0 spiro atoms. The first-order chi connectivity index (χ1) is 12.2. The Morgan fingerprint density at radius 3 is 2.72 bits per heavy atom. The fourth-order valence-electron chi connectivity index (χ4n) is 2.73. The van der Waals surface area contributed by atoms with Gasteiger partial charge in [-0.05, 0) is 30.7 Å².